The average molecular weight is 134 g/mol. The normalized spacial score (nSPS) is 10.4. The number of nitrogens with zero attached hydrogens (tertiary/aromatic N) is 1. The monoisotopic (exact) mass is 134 g/mol. The second kappa shape index (κ2) is 1.73. The Morgan fingerprint density at radius 3 is 3.20 bits per heavy atom. The van der Waals surface area contributed by atoms with Crippen molar-refractivity contribution >= 4 is 10.9 Å². The molecule has 2 heterocycles. The van der Waals surface area contributed by atoms with Crippen molar-refractivity contribution in [1.29, 1.82) is 0 Å². The molecule has 3 nitrogen and oxygen atoms in total. The molecule has 0 aliphatic heterocycles. The van der Waals surface area contributed by atoms with E-state index in [4.69, 9.17) is 5.11 Å². The minimum Gasteiger partial charge on any atom is -0.495 e. The highest BCUT2D eigenvalue weighted by molar-refractivity contribution is 5.79. The van der Waals surface area contributed by atoms with Crippen molar-refractivity contribution in [3.8, 4) is 5.88 Å². The summed E-state index contributed by atoms with van der Waals surface area (Å²) in [5.74, 6) is 0.183. The molecule has 0 aliphatic carbocycles. The number of aromatic amines is 1. The highest BCUT2D eigenvalue weighted by atomic mass is 16.3. The van der Waals surface area contributed by atoms with Crippen LogP contribution in [0.4, 0.5) is 0 Å². The minimum absolute atomic E-state index is 0.183. The molecule has 0 saturated carbocycles. The molecule has 2 aromatic heterocycles. The van der Waals surface area contributed by atoms with Gasteiger partial charge in [-0.25, -0.2) is 0 Å². The molecule has 50 valence electrons. The Morgan fingerprint density at radius 2 is 2.40 bits per heavy atom. The summed E-state index contributed by atoms with van der Waals surface area (Å²) in [6, 6.07) is 3.50. The van der Waals surface area contributed by atoms with Crippen LogP contribution < -0.4 is 0 Å². The first-order valence-electron chi connectivity index (χ1n) is 2.98. The fourth-order valence-corrected chi connectivity index (χ4v) is 0.957. The van der Waals surface area contributed by atoms with Crippen LogP contribution in [0, 0.1) is 0 Å². The van der Waals surface area contributed by atoms with E-state index in [1.165, 1.54) is 0 Å². The van der Waals surface area contributed by atoms with Gasteiger partial charge in [0.25, 0.3) is 0 Å². The first-order valence-corrected chi connectivity index (χ1v) is 2.98. The summed E-state index contributed by atoms with van der Waals surface area (Å²) in [7, 11) is 0. The molecule has 10 heavy (non-hydrogen) atoms. The maximum Gasteiger partial charge on any atom is 0.189 e. The quantitative estimate of drug-likeness (QED) is 0.570. The predicted molar refractivity (Wildman–Crippen MR) is 37.8 cm³/mol. The number of hydrogen-bond donors (Lipinski definition) is 2. The van der Waals surface area contributed by atoms with Gasteiger partial charge in [-0.3, -0.25) is 4.98 Å². The van der Waals surface area contributed by atoms with Crippen molar-refractivity contribution in [2.24, 2.45) is 0 Å². The molecule has 0 bridgehead atoms. The highest BCUT2D eigenvalue weighted by Crippen LogP contribution is 2.16. The van der Waals surface area contributed by atoms with E-state index in [2.05, 4.69) is 9.97 Å². The molecule has 2 rings (SSSR count). The van der Waals surface area contributed by atoms with Crippen LogP contribution in [-0.4, -0.2) is 15.1 Å². The summed E-state index contributed by atoms with van der Waals surface area (Å²) < 4.78 is 0. The van der Waals surface area contributed by atoms with Crippen molar-refractivity contribution in [3.05, 3.63) is 24.5 Å². The van der Waals surface area contributed by atoms with E-state index in [1.807, 2.05) is 6.07 Å². The van der Waals surface area contributed by atoms with Crippen molar-refractivity contribution in [2.45, 2.75) is 0 Å². The lowest BCUT2D eigenvalue weighted by molar-refractivity contribution is 0.458. The lowest BCUT2D eigenvalue weighted by Gasteiger charge is -1.82. The lowest BCUT2D eigenvalue weighted by Crippen LogP contribution is -1.68. The molecule has 0 saturated heterocycles. The molecule has 0 unspecified atom stereocenters. The van der Waals surface area contributed by atoms with Crippen LogP contribution in [0.15, 0.2) is 24.5 Å². The van der Waals surface area contributed by atoms with Crippen LogP contribution in [0.3, 0.4) is 0 Å². The number of pyridine rings is 1. The van der Waals surface area contributed by atoms with Gasteiger partial charge in [-0.2, -0.15) is 0 Å². The van der Waals surface area contributed by atoms with Crippen molar-refractivity contribution in [1.82, 2.24) is 9.97 Å². The van der Waals surface area contributed by atoms with E-state index in [9.17, 15) is 0 Å². The molecule has 0 atom stereocenters. The number of nitrogens with one attached hydrogen (secondary N) is 1. The number of hydrogen-bond acceptors (Lipinski definition) is 2. The lowest BCUT2D eigenvalue weighted by atomic mass is 10.3. The summed E-state index contributed by atoms with van der Waals surface area (Å²) in [6.07, 6.45) is 3.37. The zero-order valence-electron chi connectivity index (χ0n) is 5.20. The van der Waals surface area contributed by atoms with Crippen molar-refractivity contribution in [3.63, 3.8) is 0 Å². The van der Waals surface area contributed by atoms with Crippen LogP contribution in [0.25, 0.3) is 10.9 Å². The van der Waals surface area contributed by atoms with Crippen LogP contribution in [0.5, 0.6) is 5.88 Å². The minimum atomic E-state index is 0.183. The van der Waals surface area contributed by atoms with Gasteiger partial charge in [-0.15, -0.1) is 0 Å². The van der Waals surface area contributed by atoms with E-state index in [0.29, 0.717) is 0 Å². The van der Waals surface area contributed by atoms with E-state index in [0.717, 1.165) is 10.9 Å². The van der Waals surface area contributed by atoms with E-state index in [1.54, 1.807) is 18.5 Å². The Balaban J connectivity index is 2.88. The van der Waals surface area contributed by atoms with Gasteiger partial charge >= 0.3 is 0 Å². The van der Waals surface area contributed by atoms with Gasteiger partial charge in [0.2, 0.25) is 0 Å². The van der Waals surface area contributed by atoms with E-state index in [-0.39, 0.29) is 5.88 Å². The smallest absolute Gasteiger partial charge is 0.189 e. The van der Waals surface area contributed by atoms with E-state index < -0.39 is 0 Å². The van der Waals surface area contributed by atoms with Crippen LogP contribution in [0.2, 0.25) is 0 Å². The molecule has 0 aliphatic rings. The maximum atomic E-state index is 8.97. The summed E-state index contributed by atoms with van der Waals surface area (Å²) in [6.45, 7) is 0. The first-order chi connectivity index (χ1) is 4.86. The fraction of sp³-hybridized carbons (Fsp3) is 0. The molecule has 0 radical (unpaired) electrons. The third-order valence-corrected chi connectivity index (χ3v) is 1.41. The molecular weight excluding hydrogens is 128 g/mol. The SMILES string of the molecule is Oc1cc2ccncc2[nH]1. The molecule has 3 heteroatoms. The zero-order valence-corrected chi connectivity index (χ0v) is 5.20. The molecule has 2 aromatic rings. The number of rotatable bonds is 0. The number of H-pyrrole nitrogens is 1. The largest absolute Gasteiger partial charge is 0.495 e. The van der Waals surface area contributed by atoms with Gasteiger partial charge in [0, 0.05) is 17.6 Å². The third kappa shape index (κ3) is 0.639. The Bertz CT molecular complexity index is 320. The Kier molecular flexibility index (Phi) is 0.917. The van der Waals surface area contributed by atoms with Gasteiger partial charge in [-0.1, -0.05) is 0 Å². The molecule has 0 fully saturated rings. The summed E-state index contributed by atoms with van der Waals surface area (Å²) in [5, 5.41) is 9.95. The molecule has 0 aromatic carbocycles. The second-order valence-electron chi connectivity index (χ2n) is 2.12. The Hall–Kier alpha value is -1.51. The third-order valence-electron chi connectivity index (χ3n) is 1.41. The van der Waals surface area contributed by atoms with Gasteiger partial charge < -0.3 is 10.1 Å². The zero-order chi connectivity index (χ0) is 6.97. The fourth-order valence-electron chi connectivity index (χ4n) is 0.957. The van der Waals surface area contributed by atoms with Crippen molar-refractivity contribution < 1.29 is 5.11 Å². The first kappa shape index (κ1) is 5.29. The Morgan fingerprint density at radius 1 is 1.50 bits per heavy atom. The standard InChI is InChI=1S/C7H6N2O/c10-7-3-5-1-2-8-4-6(5)9-7/h1-4,9-10H. The van der Waals surface area contributed by atoms with E-state index >= 15 is 0 Å². The van der Waals surface area contributed by atoms with Crippen LogP contribution >= 0.6 is 0 Å². The predicted octanol–water partition coefficient (Wildman–Crippen LogP) is 1.27. The number of aromatic hydroxyl groups is 1. The molecule has 0 amide bonds. The average Bonchev–Trinajstić information content (AvgIpc) is 2.27. The second-order valence-corrected chi connectivity index (χ2v) is 2.12. The summed E-state index contributed by atoms with van der Waals surface area (Å²) in [5.41, 5.74) is 0.861. The Labute approximate surface area is 57.3 Å². The van der Waals surface area contributed by atoms with Gasteiger partial charge in [0.1, 0.15) is 0 Å². The molecule has 0 spiro atoms. The van der Waals surface area contributed by atoms with Gasteiger partial charge in [0.05, 0.1) is 11.7 Å². The molecule has 2 N–H and O–H groups in total. The highest BCUT2D eigenvalue weighted by Gasteiger charge is 1.95. The van der Waals surface area contributed by atoms with Crippen LogP contribution in [-0.2, 0) is 0 Å². The van der Waals surface area contributed by atoms with Crippen LogP contribution in [0.1, 0.15) is 0 Å². The summed E-state index contributed by atoms with van der Waals surface area (Å²) >= 11 is 0. The number of fused-ring (bicyclic) bond motifs is 1. The topological polar surface area (TPSA) is 48.9 Å². The van der Waals surface area contributed by atoms with Gasteiger partial charge in [-0.05, 0) is 6.07 Å². The van der Waals surface area contributed by atoms with Gasteiger partial charge in [0.15, 0.2) is 5.88 Å². The maximum absolute atomic E-state index is 8.97. The molecular formula is C7H6N2O. The summed E-state index contributed by atoms with van der Waals surface area (Å²) in [4.78, 5) is 6.64. The number of aromatic nitrogens is 2. The van der Waals surface area contributed by atoms with Crippen molar-refractivity contribution in [2.75, 3.05) is 0 Å².